The normalized spacial score (nSPS) is 20.6. The molecule has 2 rings (SSSR count). The summed E-state index contributed by atoms with van der Waals surface area (Å²) in [5.74, 6) is -1.09. The second kappa shape index (κ2) is 5.40. The quantitative estimate of drug-likeness (QED) is 0.886. The average Bonchev–Trinajstić information content (AvgIpc) is 2.36. The lowest BCUT2D eigenvalue weighted by molar-refractivity contribution is -0.141. The number of anilines is 1. The zero-order valence-corrected chi connectivity index (χ0v) is 11.2. The van der Waals surface area contributed by atoms with Crippen molar-refractivity contribution < 1.29 is 14.7 Å². The Morgan fingerprint density at radius 2 is 1.95 bits per heavy atom. The zero-order chi connectivity index (χ0) is 14.0. The van der Waals surface area contributed by atoms with Gasteiger partial charge in [0.2, 0.25) is 5.91 Å². The van der Waals surface area contributed by atoms with E-state index in [1.807, 2.05) is 31.2 Å². The molecule has 1 amide bonds. The molecule has 1 aromatic carbocycles. The van der Waals surface area contributed by atoms with Gasteiger partial charge in [0.1, 0.15) is 6.04 Å². The second-order valence-electron chi connectivity index (χ2n) is 4.92. The predicted molar refractivity (Wildman–Crippen MR) is 72.2 cm³/mol. The SMILES string of the molecule is Cc1ccc(N2CCN(C)C(CC(=O)O)C2=O)cc1. The van der Waals surface area contributed by atoms with Gasteiger partial charge >= 0.3 is 5.97 Å². The molecule has 0 radical (unpaired) electrons. The maximum atomic E-state index is 12.4. The van der Waals surface area contributed by atoms with Crippen molar-refractivity contribution in [3.05, 3.63) is 29.8 Å². The number of nitrogens with zero attached hydrogens (tertiary/aromatic N) is 2. The van der Waals surface area contributed by atoms with Gasteiger partial charge in [0, 0.05) is 18.8 Å². The van der Waals surface area contributed by atoms with Crippen LogP contribution in [0.5, 0.6) is 0 Å². The minimum atomic E-state index is -0.948. The Bertz CT molecular complexity index is 484. The average molecular weight is 262 g/mol. The summed E-state index contributed by atoms with van der Waals surface area (Å²) in [7, 11) is 1.79. The third-order valence-electron chi connectivity index (χ3n) is 3.47. The van der Waals surface area contributed by atoms with E-state index < -0.39 is 12.0 Å². The Morgan fingerprint density at radius 1 is 1.32 bits per heavy atom. The van der Waals surface area contributed by atoms with Crippen LogP contribution in [0.25, 0.3) is 0 Å². The van der Waals surface area contributed by atoms with Crippen LogP contribution in [0.15, 0.2) is 24.3 Å². The fraction of sp³-hybridized carbons (Fsp3) is 0.429. The first-order valence-corrected chi connectivity index (χ1v) is 6.29. The number of rotatable bonds is 3. The van der Waals surface area contributed by atoms with Gasteiger partial charge in [-0.2, -0.15) is 0 Å². The number of hydrogen-bond donors (Lipinski definition) is 1. The summed E-state index contributed by atoms with van der Waals surface area (Å²) in [6.07, 6.45) is -0.155. The predicted octanol–water partition coefficient (Wildman–Crippen LogP) is 1.12. The van der Waals surface area contributed by atoms with Crippen molar-refractivity contribution in [1.29, 1.82) is 0 Å². The number of benzene rings is 1. The number of hydrogen-bond acceptors (Lipinski definition) is 3. The van der Waals surface area contributed by atoms with Crippen molar-refractivity contribution in [3.63, 3.8) is 0 Å². The number of piperazine rings is 1. The summed E-state index contributed by atoms with van der Waals surface area (Å²) in [5, 5.41) is 8.90. The van der Waals surface area contributed by atoms with Crippen LogP contribution in [0.3, 0.4) is 0 Å². The maximum absolute atomic E-state index is 12.4. The molecule has 1 atom stereocenters. The molecule has 1 aliphatic rings. The van der Waals surface area contributed by atoms with Crippen LogP contribution in [0.1, 0.15) is 12.0 Å². The van der Waals surface area contributed by atoms with Crippen LogP contribution in [-0.4, -0.2) is 48.1 Å². The van der Waals surface area contributed by atoms with Crippen LogP contribution in [0.4, 0.5) is 5.69 Å². The van der Waals surface area contributed by atoms with Gasteiger partial charge in [0.15, 0.2) is 0 Å². The highest BCUT2D eigenvalue weighted by molar-refractivity contribution is 5.99. The molecule has 1 heterocycles. The van der Waals surface area contributed by atoms with Crippen LogP contribution in [-0.2, 0) is 9.59 Å². The molecule has 5 nitrogen and oxygen atoms in total. The minimum absolute atomic E-state index is 0.139. The van der Waals surface area contributed by atoms with Crippen LogP contribution in [0, 0.1) is 6.92 Å². The number of aryl methyl sites for hydroxylation is 1. The molecule has 0 saturated carbocycles. The third kappa shape index (κ3) is 2.93. The Kier molecular flexibility index (Phi) is 3.85. The first-order chi connectivity index (χ1) is 8.99. The van der Waals surface area contributed by atoms with Crippen LogP contribution >= 0.6 is 0 Å². The van der Waals surface area contributed by atoms with E-state index in [9.17, 15) is 9.59 Å². The molecule has 1 saturated heterocycles. The molecule has 0 bridgehead atoms. The van der Waals surface area contributed by atoms with E-state index in [0.29, 0.717) is 13.1 Å². The van der Waals surface area contributed by atoms with E-state index in [4.69, 9.17) is 5.11 Å². The molecule has 102 valence electrons. The van der Waals surface area contributed by atoms with Gasteiger partial charge in [0.25, 0.3) is 0 Å². The molecule has 0 aromatic heterocycles. The van der Waals surface area contributed by atoms with Crippen LogP contribution in [0.2, 0.25) is 0 Å². The first-order valence-electron chi connectivity index (χ1n) is 6.29. The van der Waals surface area contributed by atoms with Crippen molar-refractivity contribution in [2.45, 2.75) is 19.4 Å². The Morgan fingerprint density at radius 3 is 2.53 bits per heavy atom. The first kappa shape index (κ1) is 13.5. The molecular formula is C14H18N2O3. The summed E-state index contributed by atoms with van der Waals surface area (Å²) in [4.78, 5) is 26.7. The molecule has 1 fully saturated rings. The van der Waals surface area contributed by atoms with Gasteiger partial charge in [-0.25, -0.2) is 0 Å². The van der Waals surface area contributed by atoms with Gasteiger partial charge in [-0.1, -0.05) is 17.7 Å². The van der Waals surface area contributed by atoms with Gasteiger partial charge in [-0.05, 0) is 26.1 Å². The second-order valence-corrected chi connectivity index (χ2v) is 4.92. The standard InChI is InChI=1S/C14H18N2O3/c1-10-3-5-11(6-4-10)16-8-7-15(2)12(14(16)19)9-13(17)18/h3-6,12H,7-9H2,1-2H3,(H,17,18). The van der Waals surface area contributed by atoms with Crippen molar-refractivity contribution in [2.24, 2.45) is 0 Å². The minimum Gasteiger partial charge on any atom is -0.481 e. The zero-order valence-electron chi connectivity index (χ0n) is 11.2. The Balaban J connectivity index is 2.20. The van der Waals surface area contributed by atoms with Gasteiger partial charge < -0.3 is 10.0 Å². The van der Waals surface area contributed by atoms with Crippen molar-refractivity contribution >= 4 is 17.6 Å². The molecular weight excluding hydrogens is 244 g/mol. The lowest BCUT2D eigenvalue weighted by atomic mass is 10.1. The fourth-order valence-corrected chi connectivity index (χ4v) is 2.28. The number of amides is 1. The van der Waals surface area contributed by atoms with E-state index in [-0.39, 0.29) is 12.3 Å². The lowest BCUT2D eigenvalue weighted by Crippen LogP contribution is -2.56. The molecule has 1 unspecified atom stereocenters. The topological polar surface area (TPSA) is 60.9 Å². The summed E-state index contributed by atoms with van der Waals surface area (Å²) >= 11 is 0. The van der Waals surface area contributed by atoms with E-state index >= 15 is 0 Å². The van der Waals surface area contributed by atoms with Crippen molar-refractivity contribution in [3.8, 4) is 0 Å². The number of carbonyl (C=O) groups excluding carboxylic acids is 1. The largest absolute Gasteiger partial charge is 0.481 e. The molecule has 1 N–H and O–H groups in total. The van der Waals surface area contributed by atoms with Gasteiger partial charge in [-0.15, -0.1) is 0 Å². The fourth-order valence-electron chi connectivity index (χ4n) is 2.28. The Labute approximate surface area is 112 Å². The number of likely N-dealkylation sites (N-methyl/N-ethyl adjacent to an activating group) is 1. The highest BCUT2D eigenvalue weighted by Gasteiger charge is 2.34. The lowest BCUT2D eigenvalue weighted by Gasteiger charge is -2.38. The smallest absolute Gasteiger partial charge is 0.305 e. The van der Waals surface area contributed by atoms with E-state index in [1.165, 1.54) is 0 Å². The number of carboxylic acids is 1. The Hall–Kier alpha value is -1.88. The molecule has 5 heteroatoms. The van der Waals surface area contributed by atoms with Crippen molar-refractivity contribution in [2.75, 3.05) is 25.0 Å². The molecule has 19 heavy (non-hydrogen) atoms. The third-order valence-corrected chi connectivity index (χ3v) is 3.47. The summed E-state index contributed by atoms with van der Waals surface area (Å²) in [6, 6.07) is 7.13. The molecule has 0 spiro atoms. The van der Waals surface area contributed by atoms with E-state index in [0.717, 1.165) is 11.3 Å². The monoisotopic (exact) mass is 262 g/mol. The molecule has 1 aliphatic heterocycles. The van der Waals surface area contributed by atoms with Gasteiger partial charge in [-0.3, -0.25) is 14.5 Å². The number of aliphatic carboxylic acids is 1. The summed E-state index contributed by atoms with van der Waals surface area (Å²) in [6.45, 7) is 3.26. The summed E-state index contributed by atoms with van der Waals surface area (Å²) < 4.78 is 0. The van der Waals surface area contributed by atoms with Crippen LogP contribution < -0.4 is 4.90 Å². The van der Waals surface area contributed by atoms with E-state index in [2.05, 4.69) is 0 Å². The van der Waals surface area contributed by atoms with E-state index in [1.54, 1.807) is 16.8 Å². The molecule has 1 aromatic rings. The maximum Gasteiger partial charge on any atom is 0.305 e. The number of carboxylic acid groups (broad SMARTS) is 1. The molecule has 0 aliphatic carbocycles. The van der Waals surface area contributed by atoms with Crippen molar-refractivity contribution in [1.82, 2.24) is 4.90 Å². The van der Waals surface area contributed by atoms with Gasteiger partial charge in [0.05, 0.1) is 6.42 Å². The highest BCUT2D eigenvalue weighted by Crippen LogP contribution is 2.21. The highest BCUT2D eigenvalue weighted by atomic mass is 16.4. The summed E-state index contributed by atoms with van der Waals surface area (Å²) in [5.41, 5.74) is 1.96. The number of carbonyl (C=O) groups is 2.